The molecule has 0 aliphatic carbocycles. The second-order valence-electron chi connectivity index (χ2n) is 14.7. The minimum absolute atomic E-state index is 0.171. The Kier molecular flexibility index (Phi) is 45.3. The number of esters is 3. The molecule has 0 aromatic carbocycles. The Balaban J connectivity index is 4.68. The van der Waals surface area contributed by atoms with Crippen molar-refractivity contribution in [3.05, 3.63) is 109 Å². The molecule has 344 valence electrons. The number of hydrogen-bond acceptors (Lipinski definition) is 6. The van der Waals surface area contributed by atoms with Gasteiger partial charge in [-0.25, -0.2) is 0 Å². The van der Waals surface area contributed by atoms with Crippen molar-refractivity contribution in [2.45, 2.75) is 181 Å². The van der Waals surface area contributed by atoms with Crippen molar-refractivity contribution < 1.29 is 28.6 Å². The predicted molar refractivity (Wildman–Crippen MR) is 265 cm³/mol. The molecule has 0 N–H and O–H groups in total. The van der Waals surface area contributed by atoms with Crippen LogP contribution in [0.4, 0.5) is 0 Å². The number of carbonyl (C=O) groups is 3. The van der Waals surface area contributed by atoms with Gasteiger partial charge >= 0.3 is 17.9 Å². The van der Waals surface area contributed by atoms with Crippen molar-refractivity contribution in [3.8, 4) is 35.5 Å². The Morgan fingerprint density at radius 1 is 0.365 bits per heavy atom. The summed E-state index contributed by atoms with van der Waals surface area (Å²) in [4.78, 5) is 37.8. The molecule has 6 nitrogen and oxygen atoms in total. The van der Waals surface area contributed by atoms with Gasteiger partial charge in [0.25, 0.3) is 0 Å². The number of allylic oxidation sites excluding steroid dienone is 18. The van der Waals surface area contributed by atoms with Crippen LogP contribution in [0.2, 0.25) is 0 Å². The number of rotatable bonds is 35. The topological polar surface area (TPSA) is 78.9 Å². The van der Waals surface area contributed by atoms with Gasteiger partial charge in [0.1, 0.15) is 13.2 Å². The highest BCUT2D eigenvalue weighted by atomic mass is 16.6. The van der Waals surface area contributed by atoms with Crippen LogP contribution in [0.15, 0.2) is 109 Å². The molecule has 0 aliphatic heterocycles. The summed E-state index contributed by atoms with van der Waals surface area (Å²) in [6, 6.07) is 0. The summed E-state index contributed by atoms with van der Waals surface area (Å²) in [7, 11) is 0. The van der Waals surface area contributed by atoms with E-state index in [0.717, 1.165) is 77.0 Å². The fourth-order valence-corrected chi connectivity index (χ4v) is 5.36. The highest BCUT2D eigenvalue weighted by Crippen LogP contribution is 2.08. The fraction of sp³-hybridized carbons (Fsp3) is 0.526. The van der Waals surface area contributed by atoms with E-state index in [0.29, 0.717) is 57.8 Å². The van der Waals surface area contributed by atoms with Gasteiger partial charge in [0.05, 0.1) is 0 Å². The summed E-state index contributed by atoms with van der Waals surface area (Å²) in [5, 5.41) is 0. The molecule has 0 amide bonds. The van der Waals surface area contributed by atoms with Gasteiger partial charge in [0.15, 0.2) is 6.10 Å². The smallest absolute Gasteiger partial charge is 0.306 e. The number of carbonyl (C=O) groups excluding carboxylic acids is 3. The molecule has 63 heavy (non-hydrogen) atoms. The normalized spacial score (nSPS) is 12.2. The monoisotopic (exact) mass is 861 g/mol. The molecule has 0 aromatic rings. The second kappa shape index (κ2) is 49.4. The van der Waals surface area contributed by atoms with E-state index < -0.39 is 12.1 Å². The summed E-state index contributed by atoms with van der Waals surface area (Å²) >= 11 is 0. The van der Waals surface area contributed by atoms with Crippen LogP contribution >= 0.6 is 0 Å². The lowest BCUT2D eigenvalue weighted by molar-refractivity contribution is -0.167. The molecular formula is C57H80O6. The van der Waals surface area contributed by atoms with Crippen molar-refractivity contribution in [3.63, 3.8) is 0 Å². The van der Waals surface area contributed by atoms with Crippen LogP contribution in [0.25, 0.3) is 0 Å². The van der Waals surface area contributed by atoms with E-state index in [-0.39, 0.29) is 44.4 Å². The van der Waals surface area contributed by atoms with Gasteiger partial charge in [-0.2, -0.15) is 0 Å². The van der Waals surface area contributed by atoms with Crippen molar-refractivity contribution in [1.29, 1.82) is 0 Å². The molecule has 0 aromatic heterocycles. The van der Waals surface area contributed by atoms with Gasteiger partial charge in [-0.05, 0) is 96.3 Å². The maximum Gasteiger partial charge on any atom is 0.306 e. The predicted octanol–water partition coefficient (Wildman–Crippen LogP) is 14.4. The van der Waals surface area contributed by atoms with Crippen LogP contribution in [0, 0.1) is 35.5 Å². The molecule has 0 unspecified atom stereocenters. The van der Waals surface area contributed by atoms with Gasteiger partial charge in [0.2, 0.25) is 0 Å². The lowest BCUT2D eigenvalue weighted by Gasteiger charge is -2.18. The third kappa shape index (κ3) is 47.6. The Hall–Kier alpha value is -5.25. The Bertz CT molecular complexity index is 1550. The average Bonchev–Trinajstić information content (AvgIpc) is 3.28. The molecule has 0 saturated heterocycles. The third-order valence-electron chi connectivity index (χ3n) is 8.83. The maximum absolute atomic E-state index is 12.7. The molecule has 0 saturated carbocycles. The van der Waals surface area contributed by atoms with Crippen molar-refractivity contribution in [1.82, 2.24) is 0 Å². The van der Waals surface area contributed by atoms with Gasteiger partial charge in [-0.1, -0.05) is 148 Å². The first kappa shape index (κ1) is 57.8. The molecule has 6 heteroatoms. The molecule has 0 radical (unpaired) electrons. The van der Waals surface area contributed by atoms with Crippen LogP contribution in [-0.2, 0) is 28.6 Å². The van der Waals surface area contributed by atoms with Gasteiger partial charge < -0.3 is 14.2 Å². The zero-order chi connectivity index (χ0) is 45.8. The van der Waals surface area contributed by atoms with Crippen molar-refractivity contribution >= 4 is 17.9 Å². The average molecular weight is 861 g/mol. The summed E-state index contributed by atoms with van der Waals surface area (Å²) < 4.78 is 16.5. The first-order valence-corrected chi connectivity index (χ1v) is 23.8. The van der Waals surface area contributed by atoms with E-state index in [1.54, 1.807) is 0 Å². The minimum Gasteiger partial charge on any atom is -0.462 e. The largest absolute Gasteiger partial charge is 0.462 e. The van der Waals surface area contributed by atoms with E-state index in [4.69, 9.17) is 14.2 Å². The molecular weight excluding hydrogens is 781 g/mol. The quantitative estimate of drug-likeness (QED) is 0.0208. The summed E-state index contributed by atoms with van der Waals surface area (Å²) in [6.07, 6.45) is 55.7. The van der Waals surface area contributed by atoms with Crippen LogP contribution < -0.4 is 0 Å². The van der Waals surface area contributed by atoms with Crippen molar-refractivity contribution in [2.24, 2.45) is 0 Å². The van der Waals surface area contributed by atoms with E-state index in [1.165, 1.54) is 0 Å². The maximum atomic E-state index is 12.7. The second-order valence-corrected chi connectivity index (χ2v) is 14.7. The van der Waals surface area contributed by atoms with Gasteiger partial charge in [-0.3, -0.25) is 14.4 Å². The molecule has 0 aliphatic rings. The molecule has 0 fully saturated rings. The van der Waals surface area contributed by atoms with Gasteiger partial charge in [-0.15, -0.1) is 17.8 Å². The summed E-state index contributed by atoms with van der Waals surface area (Å²) in [5.74, 6) is 17.8. The molecule has 0 spiro atoms. The van der Waals surface area contributed by atoms with E-state index in [1.807, 2.05) is 0 Å². The molecule has 0 heterocycles. The highest BCUT2D eigenvalue weighted by molar-refractivity contribution is 5.71. The number of hydrogen-bond donors (Lipinski definition) is 0. The first-order valence-electron chi connectivity index (χ1n) is 23.8. The molecule has 0 rings (SSSR count). The van der Waals surface area contributed by atoms with Crippen LogP contribution in [0.1, 0.15) is 175 Å². The number of unbranched alkanes of at least 4 members (excludes halogenated alkanes) is 6. The summed E-state index contributed by atoms with van der Waals surface area (Å²) in [6.45, 7) is 6.05. The lowest BCUT2D eigenvalue weighted by Crippen LogP contribution is -2.30. The molecule has 0 bridgehead atoms. The number of ether oxygens (including phenoxy) is 3. The first-order chi connectivity index (χ1) is 31.0. The van der Waals surface area contributed by atoms with E-state index in [9.17, 15) is 14.4 Å². The van der Waals surface area contributed by atoms with Crippen molar-refractivity contribution in [2.75, 3.05) is 13.2 Å². The molecule has 0 atom stereocenters. The SMILES string of the molecule is CCC=CCC=CCC=CCC#CCCCCC(=O)OCC(COC(=O)CCCCC#CCC=CCC=CCC=CCC)OC(=O)CCCCC#CCC=CCC=CCC=CCC. The standard InChI is InChI=1S/C57H80O6/c1-4-7-10-13-16-19-22-25-28-31-34-37-40-43-46-49-55(58)61-52-54(63-57(60)51-48-45-42-39-36-33-30-27-24-21-18-15-12-9-6-3)53-62-56(59)50-47-44-41-38-35-32-29-26-23-20-17-14-11-8-5-2/h7-12,16-21,25-30,54H,4-6,13-15,22-24,31-33,40-53H2,1-3H3. The zero-order valence-corrected chi connectivity index (χ0v) is 39.3. The third-order valence-corrected chi connectivity index (χ3v) is 8.83. The van der Waals surface area contributed by atoms with Crippen LogP contribution in [0.3, 0.4) is 0 Å². The Morgan fingerprint density at radius 3 is 0.968 bits per heavy atom. The zero-order valence-electron chi connectivity index (χ0n) is 39.3. The van der Waals surface area contributed by atoms with Crippen LogP contribution in [0.5, 0.6) is 0 Å². The van der Waals surface area contributed by atoms with Crippen LogP contribution in [-0.4, -0.2) is 37.2 Å². The fourth-order valence-electron chi connectivity index (χ4n) is 5.36. The Labute approximate surface area is 384 Å². The Morgan fingerprint density at radius 2 is 0.651 bits per heavy atom. The van der Waals surface area contributed by atoms with E-state index in [2.05, 4.69) is 166 Å². The lowest BCUT2D eigenvalue weighted by atomic mass is 10.2. The highest BCUT2D eigenvalue weighted by Gasteiger charge is 2.19. The van der Waals surface area contributed by atoms with Gasteiger partial charge in [0, 0.05) is 57.8 Å². The van der Waals surface area contributed by atoms with E-state index >= 15 is 0 Å². The summed E-state index contributed by atoms with van der Waals surface area (Å²) in [5.41, 5.74) is 0. The minimum atomic E-state index is -0.876.